The van der Waals surface area contributed by atoms with Gasteiger partial charge in [-0.15, -0.1) is 0 Å². The molecule has 1 fully saturated rings. The van der Waals surface area contributed by atoms with Crippen LogP contribution < -0.4 is 4.74 Å². The summed E-state index contributed by atoms with van der Waals surface area (Å²) in [5.41, 5.74) is 4.05. The summed E-state index contributed by atoms with van der Waals surface area (Å²) in [6, 6.07) is 19.4. The van der Waals surface area contributed by atoms with Crippen LogP contribution in [0.5, 0.6) is 5.75 Å². The number of rotatable bonds is 5. The highest BCUT2D eigenvalue weighted by atomic mass is 16.5. The standard InChI is InChI=1S/C26H22N2O4/c27-14-17-10-19-12-22(4-5-23(19)24(11-17)18-6-8-30-15-18)32-16-20-2-1-3-25(28-20)26-13-21(29)7-9-31-26/h1-6,8,10-12,15,21,26,29H,7,9,13,16H2. The Morgan fingerprint density at radius 2 is 2.09 bits per heavy atom. The van der Waals surface area contributed by atoms with Crippen molar-refractivity contribution in [3.8, 4) is 22.9 Å². The lowest BCUT2D eigenvalue weighted by atomic mass is 9.97. The fourth-order valence-corrected chi connectivity index (χ4v) is 4.06. The monoisotopic (exact) mass is 426 g/mol. The summed E-state index contributed by atoms with van der Waals surface area (Å²) in [7, 11) is 0. The largest absolute Gasteiger partial charge is 0.487 e. The van der Waals surface area contributed by atoms with Crippen LogP contribution in [0, 0.1) is 11.3 Å². The van der Waals surface area contributed by atoms with Crippen LogP contribution in [0.2, 0.25) is 0 Å². The quantitative estimate of drug-likeness (QED) is 0.474. The van der Waals surface area contributed by atoms with E-state index in [9.17, 15) is 10.4 Å². The predicted molar refractivity (Wildman–Crippen MR) is 119 cm³/mol. The smallest absolute Gasteiger partial charge is 0.130 e. The Morgan fingerprint density at radius 1 is 1.16 bits per heavy atom. The van der Waals surface area contributed by atoms with Crippen LogP contribution in [0.1, 0.15) is 35.9 Å². The van der Waals surface area contributed by atoms with Crippen LogP contribution in [-0.2, 0) is 11.3 Å². The van der Waals surface area contributed by atoms with E-state index in [1.54, 1.807) is 12.5 Å². The molecule has 2 aromatic carbocycles. The Kier molecular flexibility index (Phi) is 5.59. The molecular weight excluding hydrogens is 404 g/mol. The van der Waals surface area contributed by atoms with Crippen LogP contribution in [0.3, 0.4) is 0 Å². The van der Waals surface area contributed by atoms with E-state index < -0.39 is 0 Å². The summed E-state index contributed by atoms with van der Waals surface area (Å²) >= 11 is 0. The minimum absolute atomic E-state index is 0.190. The van der Waals surface area contributed by atoms with Crippen LogP contribution in [0.4, 0.5) is 0 Å². The van der Waals surface area contributed by atoms with Crippen molar-refractivity contribution in [1.82, 2.24) is 4.98 Å². The van der Waals surface area contributed by atoms with Gasteiger partial charge in [0.1, 0.15) is 18.5 Å². The number of ether oxygens (including phenoxy) is 2. The van der Waals surface area contributed by atoms with Crippen molar-refractivity contribution in [1.29, 1.82) is 5.26 Å². The van der Waals surface area contributed by atoms with Crippen molar-refractivity contribution in [2.75, 3.05) is 6.61 Å². The molecule has 0 spiro atoms. The van der Waals surface area contributed by atoms with Gasteiger partial charge >= 0.3 is 0 Å². The van der Waals surface area contributed by atoms with E-state index in [2.05, 4.69) is 11.1 Å². The van der Waals surface area contributed by atoms with Crippen molar-refractivity contribution in [2.45, 2.75) is 31.7 Å². The van der Waals surface area contributed by atoms with E-state index in [-0.39, 0.29) is 12.2 Å². The summed E-state index contributed by atoms with van der Waals surface area (Å²) in [5, 5.41) is 21.3. The summed E-state index contributed by atoms with van der Waals surface area (Å²) in [5.74, 6) is 0.697. The number of aliphatic hydroxyl groups excluding tert-OH is 1. The minimum Gasteiger partial charge on any atom is -0.487 e. The fourth-order valence-electron chi connectivity index (χ4n) is 4.06. The van der Waals surface area contributed by atoms with Gasteiger partial charge in [-0.2, -0.15) is 5.26 Å². The van der Waals surface area contributed by atoms with Gasteiger partial charge in [0.25, 0.3) is 0 Å². The maximum atomic E-state index is 9.91. The van der Waals surface area contributed by atoms with Gasteiger partial charge in [0.05, 0.1) is 41.7 Å². The molecule has 6 nitrogen and oxygen atoms in total. The Labute approximate surface area is 185 Å². The minimum atomic E-state index is -0.349. The number of fused-ring (bicyclic) bond motifs is 1. The van der Waals surface area contributed by atoms with E-state index in [1.165, 1.54) is 0 Å². The zero-order valence-corrected chi connectivity index (χ0v) is 17.4. The molecule has 1 aliphatic heterocycles. The van der Waals surface area contributed by atoms with Gasteiger partial charge in [0, 0.05) is 18.6 Å². The predicted octanol–water partition coefficient (Wildman–Crippen LogP) is 5.16. The molecule has 0 radical (unpaired) electrons. The number of hydrogen-bond donors (Lipinski definition) is 1. The third-order valence-corrected chi connectivity index (χ3v) is 5.69. The maximum Gasteiger partial charge on any atom is 0.130 e. The van der Waals surface area contributed by atoms with Crippen molar-refractivity contribution in [3.63, 3.8) is 0 Å². The number of aliphatic hydroxyl groups is 1. The highest BCUT2D eigenvalue weighted by Crippen LogP contribution is 2.33. The molecule has 160 valence electrons. The summed E-state index contributed by atoms with van der Waals surface area (Å²) in [4.78, 5) is 4.67. The van der Waals surface area contributed by atoms with Crippen molar-refractivity contribution in [2.24, 2.45) is 0 Å². The Balaban J connectivity index is 1.37. The average molecular weight is 426 g/mol. The molecule has 1 N–H and O–H groups in total. The van der Waals surface area contributed by atoms with Crippen molar-refractivity contribution >= 4 is 10.8 Å². The molecule has 3 heterocycles. The second-order valence-electron chi connectivity index (χ2n) is 7.91. The van der Waals surface area contributed by atoms with Crippen LogP contribution in [-0.4, -0.2) is 22.8 Å². The lowest BCUT2D eigenvalue weighted by Gasteiger charge is -2.26. The van der Waals surface area contributed by atoms with Crippen molar-refractivity contribution < 1.29 is 19.0 Å². The third-order valence-electron chi connectivity index (χ3n) is 5.69. The molecule has 0 saturated carbocycles. The highest BCUT2D eigenvalue weighted by molar-refractivity contribution is 5.98. The highest BCUT2D eigenvalue weighted by Gasteiger charge is 2.23. The van der Waals surface area contributed by atoms with Gasteiger partial charge < -0.3 is 19.0 Å². The second kappa shape index (κ2) is 8.83. The van der Waals surface area contributed by atoms with E-state index in [0.717, 1.165) is 33.3 Å². The molecule has 4 aromatic rings. The number of hydrogen-bond acceptors (Lipinski definition) is 6. The Bertz CT molecular complexity index is 1280. The first kappa shape index (κ1) is 20.3. The number of nitrogens with zero attached hydrogens (tertiary/aromatic N) is 2. The topological polar surface area (TPSA) is 88.5 Å². The SMILES string of the molecule is N#Cc1cc(-c2ccoc2)c2ccc(OCc3cccc(C4CC(O)CCO4)n3)cc2c1. The van der Waals surface area contributed by atoms with Gasteiger partial charge in [-0.1, -0.05) is 12.1 Å². The molecule has 5 rings (SSSR count). The lowest BCUT2D eigenvalue weighted by Crippen LogP contribution is -2.24. The normalized spacial score (nSPS) is 18.4. The summed E-state index contributed by atoms with van der Waals surface area (Å²) < 4.78 is 17.0. The Hall–Kier alpha value is -3.66. The maximum absolute atomic E-state index is 9.91. The lowest BCUT2D eigenvalue weighted by molar-refractivity contribution is -0.0467. The molecule has 32 heavy (non-hydrogen) atoms. The molecule has 1 saturated heterocycles. The van der Waals surface area contributed by atoms with Gasteiger partial charge in [-0.05, 0) is 65.2 Å². The first-order valence-electron chi connectivity index (χ1n) is 10.6. The van der Waals surface area contributed by atoms with E-state index in [4.69, 9.17) is 13.9 Å². The molecule has 6 heteroatoms. The number of benzene rings is 2. The summed E-state index contributed by atoms with van der Waals surface area (Å²) in [6.07, 6.45) is 3.98. The molecular formula is C26H22N2O4. The molecule has 0 bridgehead atoms. The van der Waals surface area contributed by atoms with E-state index >= 15 is 0 Å². The first-order valence-corrected chi connectivity index (χ1v) is 10.6. The third kappa shape index (κ3) is 4.22. The van der Waals surface area contributed by atoms with Crippen LogP contribution in [0.25, 0.3) is 21.9 Å². The molecule has 2 aromatic heterocycles. The zero-order chi connectivity index (χ0) is 21.9. The van der Waals surface area contributed by atoms with Crippen LogP contribution in [0.15, 0.2) is 71.5 Å². The molecule has 1 aliphatic rings. The number of nitriles is 1. The second-order valence-corrected chi connectivity index (χ2v) is 7.91. The number of pyridine rings is 1. The van der Waals surface area contributed by atoms with Crippen molar-refractivity contribution in [3.05, 3.63) is 84.1 Å². The average Bonchev–Trinajstić information content (AvgIpc) is 3.37. The van der Waals surface area contributed by atoms with Gasteiger partial charge in [0.15, 0.2) is 0 Å². The molecule has 0 amide bonds. The molecule has 2 atom stereocenters. The van der Waals surface area contributed by atoms with Gasteiger partial charge in [0.2, 0.25) is 0 Å². The van der Waals surface area contributed by atoms with E-state index in [1.807, 2.05) is 54.6 Å². The fraction of sp³-hybridized carbons (Fsp3) is 0.231. The van der Waals surface area contributed by atoms with Gasteiger partial charge in [-0.3, -0.25) is 4.98 Å². The molecule has 0 aliphatic carbocycles. The number of aromatic nitrogens is 1. The number of furan rings is 1. The Morgan fingerprint density at radius 3 is 2.91 bits per heavy atom. The summed E-state index contributed by atoms with van der Waals surface area (Å²) in [6.45, 7) is 0.845. The van der Waals surface area contributed by atoms with Gasteiger partial charge in [-0.25, -0.2) is 0 Å². The zero-order valence-electron chi connectivity index (χ0n) is 17.4. The van der Waals surface area contributed by atoms with E-state index in [0.29, 0.717) is 37.4 Å². The molecule has 2 unspecified atom stereocenters. The van der Waals surface area contributed by atoms with Crippen LogP contribution >= 0.6 is 0 Å². The first-order chi connectivity index (χ1) is 15.7.